The third-order valence-corrected chi connectivity index (χ3v) is 2.59. The van der Waals surface area contributed by atoms with E-state index in [1.54, 1.807) is 19.2 Å². The number of benzene rings is 1. The zero-order chi connectivity index (χ0) is 12.3. The largest absolute Gasteiger partial charge is 0.481 e. The normalized spacial score (nSPS) is 12.2. The van der Waals surface area contributed by atoms with E-state index in [0.717, 1.165) is 11.1 Å². The van der Waals surface area contributed by atoms with Crippen molar-refractivity contribution in [3.63, 3.8) is 0 Å². The number of pyridine rings is 1. The third-order valence-electron chi connectivity index (χ3n) is 2.59. The Kier molecular flexibility index (Phi) is 3.40. The third kappa shape index (κ3) is 2.63. The summed E-state index contributed by atoms with van der Waals surface area (Å²) in [5.74, 6) is 0.509. The smallest absolute Gasteiger partial charge is 0.213 e. The van der Waals surface area contributed by atoms with Crippen molar-refractivity contribution in [3.05, 3.63) is 59.3 Å². The van der Waals surface area contributed by atoms with E-state index in [0.29, 0.717) is 11.6 Å². The van der Waals surface area contributed by atoms with Crippen molar-refractivity contribution in [2.75, 3.05) is 7.11 Å². The molecule has 0 bridgehead atoms. The molecule has 1 aromatic carbocycles. The molecule has 2 rings (SSSR count). The van der Waals surface area contributed by atoms with E-state index in [1.807, 2.05) is 37.3 Å². The van der Waals surface area contributed by atoms with Gasteiger partial charge in [-0.05, 0) is 18.6 Å². The summed E-state index contributed by atoms with van der Waals surface area (Å²) >= 11 is 0. The van der Waals surface area contributed by atoms with Gasteiger partial charge >= 0.3 is 0 Å². The van der Waals surface area contributed by atoms with Crippen LogP contribution >= 0.6 is 0 Å². The lowest BCUT2D eigenvalue weighted by atomic mass is 10.0. The van der Waals surface area contributed by atoms with Gasteiger partial charge in [-0.25, -0.2) is 4.98 Å². The van der Waals surface area contributed by atoms with Crippen LogP contribution in [0.5, 0.6) is 5.88 Å². The van der Waals surface area contributed by atoms with E-state index in [9.17, 15) is 5.11 Å². The molecule has 0 aliphatic heterocycles. The second kappa shape index (κ2) is 4.97. The summed E-state index contributed by atoms with van der Waals surface area (Å²) in [6, 6.07) is 13.1. The first kappa shape index (κ1) is 11.6. The van der Waals surface area contributed by atoms with Crippen molar-refractivity contribution in [2.45, 2.75) is 13.0 Å². The fourth-order valence-corrected chi connectivity index (χ4v) is 1.71. The molecule has 0 amide bonds. The Morgan fingerprint density at radius 3 is 2.65 bits per heavy atom. The van der Waals surface area contributed by atoms with E-state index in [2.05, 4.69) is 4.98 Å². The Morgan fingerprint density at radius 1 is 1.18 bits per heavy atom. The van der Waals surface area contributed by atoms with E-state index in [1.165, 1.54) is 0 Å². The molecule has 88 valence electrons. The van der Waals surface area contributed by atoms with Crippen LogP contribution in [0.15, 0.2) is 42.5 Å². The van der Waals surface area contributed by atoms with Crippen molar-refractivity contribution in [3.8, 4) is 5.88 Å². The average molecular weight is 229 g/mol. The Morgan fingerprint density at radius 2 is 1.94 bits per heavy atom. The molecule has 1 aromatic heterocycles. The summed E-state index contributed by atoms with van der Waals surface area (Å²) in [6.07, 6.45) is -0.718. The minimum atomic E-state index is -0.718. The first-order valence-electron chi connectivity index (χ1n) is 5.46. The molecule has 0 radical (unpaired) electrons. The molecular weight excluding hydrogens is 214 g/mol. The molecular formula is C14H15NO2. The summed E-state index contributed by atoms with van der Waals surface area (Å²) in [4.78, 5) is 4.22. The van der Waals surface area contributed by atoms with E-state index in [-0.39, 0.29) is 0 Å². The quantitative estimate of drug-likeness (QED) is 0.879. The molecule has 3 nitrogen and oxygen atoms in total. The number of hydrogen-bond acceptors (Lipinski definition) is 3. The second-order valence-electron chi connectivity index (χ2n) is 3.92. The van der Waals surface area contributed by atoms with Gasteiger partial charge < -0.3 is 9.84 Å². The van der Waals surface area contributed by atoms with Crippen LogP contribution in [0.1, 0.15) is 22.9 Å². The molecule has 0 saturated carbocycles. The van der Waals surface area contributed by atoms with Gasteiger partial charge in [-0.3, -0.25) is 0 Å². The molecule has 0 fully saturated rings. The van der Waals surface area contributed by atoms with E-state index >= 15 is 0 Å². The summed E-state index contributed by atoms with van der Waals surface area (Å²) in [6.45, 7) is 2.00. The highest BCUT2D eigenvalue weighted by molar-refractivity contribution is 5.30. The summed E-state index contributed by atoms with van der Waals surface area (Å²) < 4.78 is 5.04. The number of aromatic nitrogens is 1. The van der Waals surface area contributed by atoms with E-state index in [4.69, 9.17) is 4.74 Å². The number of aryl methyl sites for hydroxylation is 1. The Hall–Kier alpha value is -1.87. The number of rotatable bonds is 3. The molecule has 2 aromatic rings. The van der Waals surface area contributed by atoms with Crippen LogP contribution in [-0.2, 0) is 0 Å². The first-order chi connectivity index (χ1) is 8.20. The second-order valence-corrected chi connectivity index (χ2v) is 3.92. The SMILES string of the molecule is COc1cccc(C(O)c2cccc(C)c2)n1. The number of nitrogens with zero attached hydrogens (tertiary/aromatic N) is 1. The molecule has 3 heteroatoms. The molecule has 17 heavy (non-hydrogen) atoms. The Balaban J connectivity index is 2.33. The molecule has 1 atom stereocenters. The van der Waals surface area contributed by atoms with Crippen LogP contribution in [0, 0.1) is 6.92 Å². The highest BCUT2D eigenvalue weighted by Crippen LogP contribution is 2.22. The van der Waals surface area contributed by atoms with Crippen molar-refractivity contribution in [2.24, 2.45) is 0 Å². The zero-order valence-electron chi connectivity index (χ0n) is 9.92. The lowest BCUT2D eigenvalue weighted by Gasteiger charge is -2.11. The minimum absolute atomic E-state index is 0.509. The molecule has 1 unspecified atom stereocenters. The number of methoxy groups -OCH3 is 1. The van der Waals surface area contributed by atoms with Crippen molar-refractivity contribution < 1.29 is 9.84 Å². The standard InChI is InChI=1S/C14H15NO2/c1-10-5-3-6-11(9-10)14(16)12-7-4-8-13(15-12)17-2/h3-9,14,16H,1-2H3. The van der Waals surface area contributed by atoms with Crippen molar-refractivity contribution in [1.29, 1.82) is 0 Å². The number of hydrogen-bond donors (Lipinski definition) is 1. The van der Waals surface area contributed by atoms with Crippen LogP contribution in [0.2, 0.25) is 0 Å². The molecule has 0 saturated heterocycles. The maximum atomic E-state index is 10.2. The van der Waals surface area contributed by atoms with Crippen LogP contribution in [0.25, 0.3) is 0 Å². The van der Waals surface area contributed by atoms with Gasteiger partial charge in [0.25, 0.3) is 0 Å². The van der Waals surface area contributed by atoms with Gasteiger partial charge in [0.1, 0.15) is 6.10 Å². The summed E-state index contributed by atoms with van der Waals surface area (Å²) in [5.41, 5.74) is 2.55. The minimum Gasteiger partial charge on any atom is -0.481 e. The molecule has 0 aliphatic carbocycles. The lowest BCUT2D eigenvalue weighted by Crippen LogP contribution is -2.03. The Labute approximate surface area is 101 Å². The van der Waals surface area contributed by atoms with Gasteiger partial charge in [-0.15, -0.1) is 0 Å². The van der Waals surface area contributed by atoms with Gasteiger partial charge in [0, 0.05) is 6.07 Å². The lowest BCUT2D eigenvalue weighted by molar-refractivity contribution is 0.213. The predicted octanol–water partition coefficient (Wildman–Crippen LogP) is 2.48. The van der Waals surface area contributed by atoms with Crippen LogP contribution in [-0.4, -0.2) is 17.2 Å². The fourth-order valence-electron chi connectivity index (χ4n) is 1.71. The van der Waals surface area contributed by atoms with Crippen LogP contribution in [0.3, 0.4) is 0 Å². The summed E-state index contributed by atoms with van der Waals surface area (Å²) in [5, 5.41) is 10.2. The van der Waals surface area contributed by atoms with Gasteiger partial charge in [-0.2, -0.15) is 0 Å². The van der Waals surface area contributed by atoms with Crippen molar-refractivity contribution >= 4 is 0 Å². The Bertz CT molecular complexity index is 511. The molecule has 1 N–H and O–H groups in total. The van der Waals surface area contributed by atoms with Crippen molar-refractivity contribution in [1.82, 2.24) is 4.98 Å². The maximum absolute atomic E-state index is 10.2. The molecule has 0 spiro atoms. The summed E-state index contributed by atoms with van der Waals surface area (Å²) in [7, 11) is 1.56. The number of ether oxygens (including phenoxy) is 1. The maximum Gasteiger partial charge on any atom is 0.213 e. The monoisotopic (exact) mass is 229 g/mol. The highest BCUT2D eigenvalue weighted by Gasteiger charge is 2.12. The predicted molar refractivity (Wildman–Crippen MR) is 66.0 cm³/mol. The molecule has 1 heterocycles. The first-order valence-corrected chi connectivity index (χ1v) is 5.46. The highest BCUT2D eigenvalue weighted by atomic mass is 16.5. The van der Waals surface area contributed by atoms with Gasteiger partial charge in [0.15, 0.2) is 0 Å². The average Bonchev–Trinajstić information content (AvgIpc) is 2.38. The zero-order valence-corrected chi connectivity index (χ0v) is 9.92. The van der Waals surface area contributed by atoms with E-state index < -0.39 is 6.10 Å². The number of aliphatic hydroxyl groups excluding tert-OH is 1. The molecule has 0 aliphatic rings. The van der Waals surface area contributed by atoms with Gasteiger partial charge in [0.05, 0.1) is 12.8 Å². The van der Waals surface area contributed by atoms with Gasteiger partial charge in [0.2, 0.25) is 5.88 Å². The van der Waals surface area contributed by atoms with Crippen LogP contribution < -0.4 is 4.74 Å². The topological polar surface area (TPSA) is 42.4 Å². The van der Waals surface area contributed by atoms with Gasteiger partial charge in [-0.1, -0.05) is 35.9 Å². The fraction of sp³-hybridized carbons (Fsp3) is 0.214. The van der Waals surface area contributed by atoms with Crippen LogP contribution in [0.4, 0.5) is 0 Å². The number of aliphatic hydroxyl groups is 1.